The molecule has 1 aliphatic heterocycles. The molecular weight excluding hydrogens is 256 g/mol. The Morgan fingerprint density at radius 1 is 1.72 bits per heavy atom. The van der Waals surface area contributed by atoms with Crippen LogP contribution in [0.4, 0.5) is 10.7 Å². The fraction of sp³-hybridized carbons (Fsp3) is 0.545. The molecule has 0 spiro atoms. The number of carbonyl (C=O) groups is 1. The normalized spacial score (nSPS) is 19.2. The zero-order valence-electron chi connectivity index (χ0n) is 9.96. The second kappa shape index (κ2) is 5.03. The standard InChI is InChI=1S/C11H14N2O4S/c1-7(15)10-4-9(13(16)17)11(18-10)12-3-2-8(5-12)6-14/h4,8,14H,2-3,5-6H2,1H3. The van der Waals surface area contributed by atoms with E-state index < -0.39 is 4.92 Å². The van der Waals surface area contributed by atoms with Gasteiger partial charge < -0.3 is 10.0 Å². The molecule has 1 N–H and O–H groups in total. The zero-order valence-corrected chi connectivity index (χ0v) is 10.8. The van der Waals surface area contributed by atoms with Crippen LogP contribution in [0.15, 0.2) is 6.07 Å². The second-order valence-corrected chi connectivity index (χ2v) is 5.43. The highest BCUT2D eigenvalue weighted by molar-refractivity contribution is 7.18. The maximum atomic E-state index is 11.3. The minimum Gasteiger partial charge on any atom is -0.396 e. The van der Waals surface area contributed by atoms with Gasteiger partial charge in [0, 0.05) is 31.7 Å². The number of aliphatic hydroxyl groups excluding tert-OH is 1. The monoisotopic (exact) mass is 270 g/mol. The number of hydrogen-bond donors (Lipinski definition) is 1. The Hall–Kier alpha value is -1.47. The number of anilines is 1. The number of ketones is 1. The van der Waals surface area contributed by atoms with Gasteiger partial charge in [0.15, 0.2) is 10.8 Å². The predicted molar refractivity (Wildman–Crippen MR) is 68.4 cm³/mol. The molecule has 0 saturated carbocycles. The molecular formula is C11H14N2O4S. The lowest BCUT2D eigenvalue weighted by Gasteiger charge is -2.15. The molecule has 0 aliphatic carbocycles. The Kier molecular flexibility index (Phi) is 3.63. The van der Waals surface area contributed by atoms with E-state index in [1.807, 2.05) is 4.90 Å². The molecule has 0 aromatic carbocycles. The van der Waals surface area contributed by atoms with Crippen molar-refractivity contribution in [2.75, 3.05) is 24.6 Å². The summed E-state index contributed by atoms with van der Waals surface area (Å²) in [5, 5.41) is 20.6. The number of aliphatic hydroxyl groups is 1. The van der Waals surface area contributed by atoms with Gasteiger partial charge in [0.1, 0.15) is 0 Å². The molecule has 18 heavy (non-hydrogen) atoms. The fourth-order valence-electron chi connectivity index (χ4n) is 2.07. The first-order valence-corrected chi connectivity index (χ1v) is 6.49. The average Bonchev–Trinajstić information content (AvgIpc) is 2.95. The van der Waals surface area contributed by atoms with Crippen molar-refractivity contribution in [3.05, 3.63) is 21.1 Å². The summed E-state index contributed by atoms with van der Waals surface area (Å²) in [6.45, 7) is 2.79. The predicted octanol–water partition coefficient (Wildman–Crippen LogP) is 1.68. The van der Waals surface area contributed by atoms with E-state index in [1.165, 1.54) is 13.0 Å². The highest BCUT2D eigenvalue weighted by atomic mass is 32.1. The number of thiophene rings is 1. The quantitative estimate of drug-likeness (QED) is 0.511. The van der Waals surface area contributed by atoms with Crippen LogP contribution in [0.2, 0.25) is 0 Å². The Morgan fingerprint density at radius 3 is 2.94 bits per heavy atom. The molecule has 1 aromatic rings. The molecule has 2 rings (SSSR count). The Labute approximate surface area is 108 Å². The smallest absolute Gasteiger partial charge is 0.304 e. The van der Waals surface area contributed by atoms with Crippen LogP contribution in [0.3, 0.4) is 0 Å². The molecule has 98 valence electrons. The summed E-state index contributed by atoms with van der Waals surface area (Å²) in [4.78, 5) is 24.1. The van der Waals surface area contributed by atoms with Crippen molar-refractivity contribution in [1.82, 2.24) is 0 Å². The summed E-state index contributed by atoms with van der Waals surface area (Å²) in [7, 11) is 0. The van der Waals surface area contributed by atoms with E-state index in [0.717, 1.165) is 17.8 Å². The van der Waals surface area contributed by atoms with E-state index >= 15 is 0 Å². The first-order chi connectivity index (χ1) is 8.52. The van der Waals surface area contributed by atoms with Gasteiger partial charge in [0.25, 0.3) is 0 Å². The molecule has 1 saturated heterocycles. The largest absolute Gasteiger partial charge is 0.396 e. The number of rotatable bonds is 4. The zero-order chi connectivity index (χ0) is 13.3. The molecule has 1 atom stereocenters. The van der Waals surface area contributed by atoms with E-state index in [9.17, 15) is 14.9 Å². The molecule has 6 nitrogen and oxygen atoms in total. The highest BCUT2D eigenvalue weighted by Crippen LogP contribution is 2.40. The Balaban J connectivity index is 2.31. The number of nitrogens with zero attached hydrogens (tertiary/aromatic N) is 2. The average molecular weight is 270 g/mol. The van der Waals surface area contributed by atoms with Gasteiger partial charge in [-0.2, -0.15) is 0 Å². The van der Waals surface area contributed by atoms with Crippen LogP contribution in [-0.2, 0) is 0 Å². The van der Waals surface area contributed by atoms with Crippen molar-refractivity contribution in [2.24, 2.45) is 5.92 Å². The number of hydrogen-bond acceptors (Lipinski definition) is 6. The third-order valence-electron chi connectivity index (χ3n) is 3.07. The molecule has 1 unspecified atom stereocenters. The second-order valence-electron chi connectivity index (χ2n) is 4.40. The third kappa shape index (κ3) is 2.37. The summed E-state index contributed by atoms with van der Waals surface area (Å²) in [6.07, 6.45) is 0.820. The minimum absolute atomic E-state index is 0.0104. The summed E-state index contributed by atoms with van der Waals surface area (Å²) < 4.78 is 0. The molecule has 2 heterocycles. The van der Waals surface area contributed by atoms with Gasteiger partial charge in [-0.15, -0.1) is 11.3 Å². The van der Waals surface area contributed by atoms with Crippen LogP contribution in [0.25, 0.3) is 0 Å². The first-order valence-electron chi connectivity index (χ1n) is 5.68. The molecule has 7 heteroatoms. The highest BCUT2D eigenvalue weighted by Gasteiger charge is 2.30. The van der Waals surface area contributed by atoms with Crippen LogP contribution in [0.5, 0.6) is 0 Å². The molecule has 1 aliphatic rings. The SMILES string of the molecule is CC(=O)c1cc([N+](=O)[O-])c(N2CCC(CO)C2)s1. The Morgan fingerprint density at radius 2 is 2.44 bits per heavy atom. The maximum absolute atomic E-state index is 11.3. The van der Waals surface area contributed by atoms with Crippen LogP contribution in [0.1, 0.15) is 23.0 Å². The van der Waals surface area contributed by atoms with Gasteiger partial charge in [-0.3, -0.25) is 14.9 Å². The van der Waals surface area contributed by atoms with Crippen LogP contribution in [-0.4, -0.2) is 35.5 Å². The number of carbonyl (C=O) groups excluding carboxylic acids is 1. The van der Waals surface area contributed by atoms with Crippen molar-refractivity contribution in [1.29, 1.82) is 0 Å². The summed E-state index contributed by atoms with van der Waals surface area (Å²) in [5.41, 5.74) is -0.0104. The molecule has 0 radical (unpaired) electrons. The lowest BCUT2D eigenvalue weighted by atomic mass is 10.1. The van der Waals surface area contributed by atoms with Crippen molar-refractivity contribution in [3.8, 4) is 0 Å². The van der Waals surface area contributed by atoms with Gasteiger partial charge >= 0.3 is 5.69 Å². The van der Waals surface area contributed by atoms with E-state index in [-0.39, 0.29) is 24.0 Å². The maximum Gasteiger partial charge on any atom is 0.304 e. The van der Waals surface area contributed by atoms with Crippen LogP contribution in [0, 0.1) is 16.0 Å². The van der Waals surface area contributed by atoms with E-state index in [2.05, 4.69) is 0 Å². The van der Waals surface area contributed by atoms with Crippen LogP contribution < -0.4 is 4.90 Å². The minimum atomic E-state index is -0.454. The first kappa shape index (κ1) is 13.0. The summed E-state index contributed by atoms with van der Waals surface area (Å²) >= 11 is 1.16. The van der Waals surface area contributed by atoms with E-state index in [0.29, 0.717) is 23.0 Å². The van der Waals surface area contributed by atoms with E-state index in [4.69, 9.17) is 5.11 Å². The fourth-order valence-corrected chi connectivity index (χ4v) is 3.12. The molecule has 1 fully saturated rings. The van der Waals surface area contributed by atoms with E-state index in [1.54, 1.807) is 0 Å². The van der Waals surface area contributed by atoms with Gasteiger partial charge in [0.2, 0.25) is 0 Å². The van der Waals surface area contributed by atoms with Gasteiger partial charge in [-0.05, 0) is 13.3 Å². The van der Waals surface area contributed by atoms with Crippen molar-refractivity contribution >= 4 is 27.8 Å². The Bertz CT molecular complexity index is 485. The number of Topliss-reactive ketones (excluding diaryl/α,β-unsaturated/α-hetero) is 1. The van der Waals surface area contributed by atoms with Gasteiger partial charge in [-0.1, -0.05) is 0 Å². The molecule has 0 bridgehead atoms. The van der Waals surface area contributed by atoms with Crippen molar-refractivity contribution in [3.63, 3.8) is 0 Å². The molecule has 1 aromatic heterocycles. The van der Waals surface area contributed by atoms with Gasteiger partial charge in [0.05, 0.1) is 9.80 Å². The molecule has 0 amide bonds. The summed E-state index contributed by atoms with van der Waals surface area (Å²) in [6, 6.07) is 1.34. The van der Waals surface area contributed by atoms with Gasteiger partial charge in [-0.25, -0.2) is 0 Å². The topological polar surface area (TPSA) is 83.7 Å². The summed E-state index contributed by atoms with van der Waals surface area (Å²) in [5.74, 6) is -0.000243. The lowest BCUT2D eigenvalue weighted by molar-refractivity contribution is -0.383. The lowest BCUT2D eigenvalue weighted by Crippen LogP contribution is -2.20. The van der Waals surface area contributed by atoms with Crippen LogP contribution >= 0.6 is 11.3 Å². The van der Waals surface area contributed by atoms with Crippen molar-refractivity contribution < 1.29 is 14.8 Å². The van der Waals surface area contributed by atoms with Crippen molar-refractivity contribution in [2.45, 2.75) is 13.3 Å². The third-order valence-corrected chi connectivity index (χ3v) is 4.35. The number of nitro groups is 1.